The van der Waals surface area contributed by atoms with Crippen molar-refractivity contribution in [2.24, 2.45) is 23.7 Å². The zero-order valence-electron chi connectivity index (χ0n) is 63.0. The SMILES string of the molecule is CCC(C)CCCCCCCCCCCCC(=O)OC[C@H](COP(=O)(O)OCC(O)COP(=O)(O)OC[C@@H](COC(=O)CCCCCCCCCC(C)C)OC(=O)CCCCCCCCCCCCCCCCCCC(C)C)OC(=O)CCCCCCCCCCCCC(C)C. The molecule has 0 bridgehead atoms. The Bertz CT molecular complexity index is 1890. The zero-order chi connectivity index (χ0) is 71.0. The fourth-order valence-electron chi connectivity index (χ4n) is 11.7. The number of esters is 4. The van der Waals surface area contributed by atoms with Crippen molar-refractivity contribution in [3.8, 4) is 0 Å². The Labute approximate surface area is 588 Å². The van der Waals surface area contributed by atoms with Gasteiger partial charge in [0.15, 0.2) is 12.2 Å². The number of aliphatic hydroxyl groups excluding tert-OH is 1. The van der Waals surface area contributed by atoms with E-state index in [1.54, 1.807) is 0 Å². The maximum atomic E-state index is 13.1. The first-order valence-electron chi connectivity index (χ1n) is 39.7. The highest BCUT2D eigenvalue weighted by atomic mass is 31.2. The third kappa shape index (κ3) is 69.2. The van der Waals surface area contributed by atoms with Crippen LogP contribution < -0.4 is 0 Å². The van der Waals surface area contributed by atoms with Gasteiger partial charge in [0.05, 0.1) is 26.4 Å². The molecule has 4 unspecified atom stereocenters. The fraction of sp³-hybridized carbons (Fsp3) is 0.948. The Morgan fingerprint density at radius 2 is 0.500 bits per heavy atom. The van der Waals surface area contributed by atoms with Crippen LogP contribution in [0.3, 0.4) is 0 Å². The number of phosphoric ester groups is 2. The third-order valence-electron chi connectivity index (χ3n) is 18.2. The smallest absolute Gasteiger partial charge is 0.462 e. The Morgan fingerprint density at radius 3 is 0.740 bits per heavy atom. The maximum Gasteiger partial charge on any atom is 0.472 e. The molecule has 0 heterocycles. The highest BCUT2D eigenvalue weighted by Gasteiger charge is 2.30. The number of rotatable bonds is 74. The van der Waals surface area contributed by atoms with E-state index in [-0.39, 0.29) is 25.7 Å². The Morgan fingerprint density at radius 1 is 0.292 bits per heavy atom. The minimum absolute atomic E-state index is 0.105. The van der Waals surface area contributed by atoms with Crippen LogP contribution in [0.1, 0.15) is 389 Å². The minimum Gasteiger partial charge on any atom is -0.462 e. The van der Waals surface area contributed by atoms with Gasteiger partial charge >= 0.3 is 39.5 Å². The second kappa shape index (κ2) is 66.3. The lowest BCUT2D eigenvalue weighted by molar-refractivity contribution is -0.161. The van der Waals surface area contributed by atoms with Gasteiger partial charge in [0.2, 0.25) is 0 Å². The first-order valence-corrected chi connectivity index (χ1v) is 42.7. The average molecular weight is 1410 g/mol. The Kier molecular flexibility index (Phi) is 65.0. The van der Waals surface area contributed by atoms with Crippen LogP contribution in [0, 0.1) is 23.7 Å². The summed E-state index contributed by atoms with van der Waals surface area (Å²) in [7, 11) is -9.91. The third-order valence-corrected chi connectivity index (χ3v) is 20.1. The molecule has 17 nitrogen and oxygen atoms in total. The average Bonchev–Trinajstić information content (AvgIpc) is 1.10. The number of phosphoric acid groups is 2. The van der Waals surface area contributed by atoms with Gasteiger partial charge in [0.1, 0.15) is 19.3 Å². The van der Waals surface area contributed by atoms with Crippen LogP contribution in [0.4, 0.5) is 0 Å². The van der Waals surface area contributed by atoms with Crippen molar-refractivity contribution in [1.29, 1.82) is 0 Å². The van der Waals surface area contributed by atoms with Gasteiger partial charge < -0.3 is 33.8 Å². The Hall–Kier alpha value is -1.94. The van der Waals surface area contributed by atoms with Gasteiger partial charge in [-0.2, -0.15) is 0 Å². The van der Waals surface area contributed by atoms with Crippen LogP contribution in [0.2, 0.25) is 0 Å². The lowest BCUT2D eigenvalue weighted by Gasteiger charge is -2.21. The number of aliphatic hydroxyl groups is 1. The van der Waals surface area contributed by atoms with Gasteiger partial charge in [-0.05, 0) is 49.4 Å². The van der Waals surface area contributed by atoms with Crippen molar-refractivity contribution in [2.45, 2.75) is 408 Å². The van der Waals surface area contributed by atoms with E-state index in [2.05, 4.69) is 55.4 Å². The quantitative estimate of drug-likeness (QED) is 0.0222. The molecule has 96 heavy (non-hydrogen) atoms. The van der Waals surface area contributed by atoms with Gasteiger partial charge in [-0.15, -0.1) is 0 Å². The molecule has 0 aromatic carbocycles. The lowest BCUT2D eigenvalue weighted by Crippen LogP contribution is -2.30. The van der Waals surface area contributed by atoms with Gasteiger partial charge in [-0.1, -0.05) is 338 Å². The molecule has 3 N–H and O–H groups in total. The van der Waals surface area contributed by atoms with E-state index < -0.39 is 97.5 Å². The molecule has 0 amide bonds. The van der Waals surface area contributed by atoms with E-state index in [0.29, 0.717) is 31.6 Å². The molecule has 0 aromatic rings. The van der Waals surface area contributed by atoms with Crippen molar-refractivity contribution in [3.63, 3.8) is 0 Å². The summed E-state index contributed by atoms with van der Waals surface area (Å²) < 4.78 is 68.6. The molecule has 0 fully saturated rings. The topological polar surface area (TPSA) is 237 Å². The second-order valence-electron chi connectivity index (χ2n) is 29.4. The molecule has 0 aromatic heterocycles. The molecular weight excluding hydrogens is 1260 g/mol. The van der Waals surface area contributed by atoms with Crippen molar-refractivity contribution in [1.82, 2.24) is 0 Å². The first-order chi connectivity index (χ1) is 46.1. The maximum absolute atomic E-state index is 13.1. The summed E-state index contributed by atoms with van der Waals surface area (Å²) in [6, 6.07) is 0. The summed E-state index contributed by atoms with van der Waals surface area (Å²) in [4.78, 5) is 72.8. The molecule has 0 aliphatic carbocycles. The molecule has 0 rings (SSSR count). The molecule has 0 spiro atoms. The van der Waals surface area contributed by atoms with Crippen LogP contribution in [0.15, 0.2) is 0 Å². The van der Waals surface area contributed by atoms with Gasteiger partial charge in [0.25, 0.3) is 0 Å². The fourth-order valence-corrected chi connectivity index (χ4v) is 13.3. The highest BCUT2D eigenvalue weighted by Crippen LogP contribution is 2.45. The van der Waals surface area contributed by atoms with Gasteiger partial charge in [-0.3, -0.25) is 37.3 Å². The second-order valence-corrected chi connectivity index (χ2v) is 32.3. The van der Waals surface area contributed by atoms with Crippen molar-refractivity contribution in [2.75, 3.05) is 39.6 Å². The lowest BCUT2D eigenvalue weighted by atomic mass is 9.99. The van der Waals surface area contributed by atoms with Crippen molar-refractivity contribution >= 4 is 39.5 Å². The van der Waals surface area contributed by atoms with Crippen LogP contribution in [0.5, 0.6) is 0 Å². The monoisotopic (exact) mass is 1410 g/mol. The van der Waals surface area contributed by atoms with Gasteiger partial charge in [-0.25, -0.2) is 9.13 Å². The van der Waals surface area contributed by atoms with E-state index in [4.69, 9.17) is 37.0 Å². The normalized spacial score (nSPS) is 14.4. The molecule has 0 radical (unpaired) electrons. The molecule has 0 saturated carbocycles. The summed E-state index contributed by atoms with van der Waals surface area (Å²) in [5, 5.41) is 10.6. The number of carbonyl (C=O) groups is 4. The van der Waals surface area contributed by atoms with Crippen molar-refractivity contribution in [3.05, 3.63) is 0 Å². The van der Waals surface area contributed by atoms with E-state index in [1.165, 1.54) is 186 Å². The van der Waals surface area contributed by atoms with Crippen LogP contribution >= 0.6 is 15.6 Å². The summed E-state index contributed by atoms with van der Waals surface area (Å²) in [5.74, 6) is 0.955. The van der Waals surface area contributed by atoms with E-state index >= 15 is 0 Å². The number of carbonyl (C=O) groups excluding carboxylic acids is 4. The molecule has 0 aliphatic rings. The van der Waals surface area contributed by atoms with Gasteiger partial charge in [0, 0.05) is 25.7 Å². The largest absolute Gasteiger partial charge is 0.472 e. The Balaban J connectivity index is 5.23. The molecular formula is C77H150O17P2. The van der Waals surface area contributed by atoms with Crippen molar-refractivity contribution < 1.29 is 80.2 Å². The predicted molar refractivity (Wildman–Crippen MR) is 391 cm³/mol. The molecule has 0 aliphatic heterocycles. The highest BCUT2D eigenvalue weighted by molar-refractivity contribution is 7.47. The number of unbranched alkanes of at least 4 members (excludes halogenated alkanes) is 39. The summed E-state index contributed by atoms with van der Waals surface area (Å²) >= 11 is 0. The van der Waals surface area contributed by atoms with E-state index in [0.717, 1.165) is 114 Å². The molecule has 0 saturated heterocycles. The summed E-state index contributed by atoms with van der Waals surface area (Å²) in [6.07, 6.45) is 51.4. The summed E-state index contributed by atoms with van der Waals surface area (Å²) in [5.41, 5.74) is 0. The standard InChI is InChI=1S/C77H150O17P2/c1-9-70(8)56-48-40-32-24-19-21-25-33-41-49-57-74(79)87-63-72(93-77(82)60-52-44-35-27-20-18-23-30-38-46-54-68(4)5)65-91-95(83,84)89-61-71(78)62-90-96(85,86)92-66-73(64-88-75(80)58-50-42-36-28-31-39-47-55-69(6)7)94-76(81)59-51-43-34-26-17-15-13-11-10-12-14-16-22-29-37-45-53-67(2)3/h67-73,78H,9-66H2,1-8H3,(H,83,84)(H,85,86)/t70?,71?,72-,73-/m1/s1. The van der Waals surface area contributed by atoms with E-state index in [9.17, 15) is 43.2 Å². The first kappa shape index (κ1) is 94.1. The van der Waals surface area contributed by atoms with E-state index in [1.807, 2.05) is 0 Å². The molecule has 6 atom stereocenters. The predicted octanol–water partition coefficient (Wildman–Crippen LogP) is 22.4. The number of ether oxygens (including phenoxy) is 4. The minimum atomic E-state index is -4.96. The molecule has 19 heteroatoms. The molecule has 570 valence electrons. The summed E-state index contributed by atoms with van der Waals surface area (Å²) in [6.45, 7) is 14.2. The van der Waals surface area contributed by atoms with Crippen LogP contribution in [0.25, 0.3) is 0 Å². The number of hydrogen-bond donors (Lipinski definition) is 3. The zero-order valence-corrected chi connectivity index (χ0v) is 64.8. The van der Waals surface area contributed by atoms with Crippen LogP contribution in [-0.4, -0.2) is 96.7 Å². The number of hydrogen-bond acceptors (Lipinski definition) is 15. The van der Waals surface area contributed by atoms with Crippen LogP contribution in [-0.2, 0) is 65.4 Å².